The van der Waals surface area contributed by atoms with Crippen LogP contribution < -0.4 is 5.32 Å². The highest BCUT2D eigenvalue weighted by molar-refractivity contribution is 5.85. The van der Waals surface area contributed by atoms with Crippen molar-refractivity contribution in [1.29, 1.82) is 0 Å². The number of hydrogen-bond donors (Lipinski definition) is 1. The minimum absolute atomic E-state index is 0. The summed E-state index contributed by atoms with van der Waals surface area (Å²) in [6.45, 7) is 10.1. The summed E-state index contributed by atoms with van der Waals surface area (Å²) in [6, 6.07) is 0.533. The number of nitrogens with one attached hydrogen (secondary N) is 1. The Bertz CT molecular complexity index is 361. The molecular formula is C16H31Cl2N3O2. The number of ether oxygens (including phenoxy) is 1. The topological polar surface area (TPSA) is 44.8 Å². The maximum atomic E-state index is 12.4. The molecule has 3 unspecified atom stereocenters. The summed E-state index contributed by atoms with van der Waals surface area (Å²) in [7, 11) is 0. The van der Waals surface area contributed by atoms with Gasteiger partial charge in [0.1, 0.15) is 0 Å². The maximum absolute atomic E-state index is 12.4. The van der Waals surface area contributed by atoms with Gasteiger partial charge in [-0.05, 0) is 37.8 Å². The van der Waals surface area contributed by atoms with Gasteiger partial charge in [-0.1, -0.05) is 6.92 Å². The summed E-state index contributed by atoms with van der Waals surface area (Å²) in [5.74, 6) is 1.66. The van der Waals surface area contributed by atoms with Crippen molar-refractivity contribution in [1.82, 2.24) is 15.1 Å². The molecule has 7 heteroatoms. The summed E-state index contributed by atoms with van der Waals surface area (Å²) in [4.78, 5) is 17.1. The van der Waals surface area contributed by atoms with Gasteiger partial charge in [0.15, 0.2) is 0 Å². The summed E-state index contributed by atoms with van der Waals surface area (Å²) < 4.78 is 5.44. The summed E-state index contributed by atoms with van der Waals surface area (Å²) in [5.41, 5.74) is 0. The number of amides is 1. The molecule has 0 saturated carbocycles. The van der Waals surface area contributed by atoms with Gasteiger partial charge in [-0.25, -0.2) is 0 Å². The predicted octanol–water partition coefficient (Wildman–Crippen LogP) is 1.40. The molecular weight excluding hydrogens is 337 g/mol. The monoisotopic (exact) mass is 367 g/mol. The van der Waals surface area contributed by atoms with Gasteiger partial charge in [0.05, 0.1) is 13.2 Å². The van der Waals surface area contributed by atoms with Crippen LogP contribution in [0.5, 0.6) is 0 Å². The molecule has 0 aromatic carbocycles. The smallest absolute Gasteiger partial charge is 0.222 e. The largest absolute Gasteiger partial charge is 0.379 e. The van der Waals surface area contributed by atoms with Crippen molar-refractivity contribution in [2.24, 2.45) is 11.8 Å². The highest BCUT2D eigenvalue weighted by Gasteiger charge is 2.36. The molecule has 0 bridgehead atoms. The second-order valence-corrected chi connectivity index (χ2v) is 6.89. The first kappa shape index (κ1) is 21.0. The van der Waals surface area contributed by atoms with Crippen LogP contribution in [0.3, 0.4) is 0 Å². The number of halogens is 2. The lowest BCUT2D eigenvalue weighted by molar-refractivity contribution is -0.130. The number of hydrogen-bond acceptors (Lipinski definition) is 4. The molecule has 1 N–H and O–H groups in total. The van der Waals surface area contributed by atoms with Crippen LogP contribution in [0.1, 0.15) is 26.2 Å². The van der Waals surface area contributed by atoms with Gasteiger partial charge in [0.25, 0.3) is 0 Å². The highest BCUT2D eigenvalue weighted by atomic mass is 35.5. The van der Waals surface area contributed by atoms with Crippen LogP contribution >= 0.6 is 24.8 Å². The molecule has 3 aliphatic rings. The van der Waals surface area contributed by atoms with Crippen LogP contribution in [0.15, 0.2) is 0 Å². The van der Waals surface area contributed by atoms with E-state index in [1.807, 2.05) is 0 Å². The molecule has 3 saturated heterocycles. The second kappa shape index (κ2) is 10.0. The van der Waals surface area contributed by atoms with Crippen LogP contribution in [0.4, 0.5) is 0 Å². The molecule has 0 aromatic rings. The van der Waals surface area contributed by atoms with Crippen molar-refractivity contribution in [2.45, 2.75) is 32.2 Å². The Balaban J connectivity index is 0.00000132. The molecule has 1 amide bonds. The number of morpholine rings is 1. The first-order valence-corrected chi connectivity index (χ1v) is 8.54. The number of carbonyl (C=O) groups excluding carboxylic acids is 1. The molecule has 0 aliphatic carbocycles. The summed E-state index contributed by atoms with van der Waals surface area (Å²) in [5, 5.41) is 3.38. The third-order valence-corrected chi connectivity index (χ3v) is 5.37. The number of nitrogens with zero attached hydrogens (tertiary/aromatic N) is 2. The first-order valence-electron chi connectivity index (χ1n) is 8.54. The highest BCUT2D eigenvalue weighted by Crippen LogP contribution is 2.24. The van der Waals surface area contributed by atoms with E-state index in [1.54, 1.807) is 0 Å². The molecule has 3 fully saturated rings. The van der Waals surface area contributed by atoms with E-state index in [0.29, 0.717) is 23.8 Å². The van der Waals surface area contributed by atoms with Crippen LogP contribution in [-0.2, 0) is 9.53 Å². The Morgan fingerprint density at radius 1 is 1.22 bits per heavy atom. The van der Waals surface area contributed by atoms with E-state index in [2.05, 4.69) is 22.0 Å². The molecule has 23 heavy (non-hydrogen) atoms. The molecule has 3 atom stereocenters. The van der Waals surface area contributed by atoms with Crippen molar-refractivity contribution in [3.8, 4) is 0 Å². The van der Waals surface area contributed by atoms with Crippen LogP contribution in [0.2, 0.25) is 0 Å². The van der Waals surface area contributed by atoms with E-state index < -0.39 is 0 Å². The van der Waals surface area contributed by atoms with Crippen LogP contribution in [0.25, 0.3) is 0 Å². The normalized spacial score (nSPS) is 31.5. The van der Waals surface area contributed by atoms with E-state index >= 15 is 0 Å². The van der Waals surface area contributed by atoms with E-state index in [-0.39, 0.29) is 24.8 Å². The van der Waals surface area contributed by atoms with Crippen molar-refractivity contribution in [3.05, 3.63) is 0 Å². The third-order valence-electron chi connectivity index (χ3n) is 5.37. The fraction of sp³-hybridized carbons (Fsp3) is 0.938. The summed E-state index contributed by atoms with van der Waals surface area (Å²) in [6.07, 6.45) is 3.02. The zero-order chi connectivity index (χ0) is 14.7. The molecule has 0 spiro atoms. The van der Waals surface area contributed by atoms with Gasteiger partial charge >= 0.3 is 0 Å². The second-order valence-electron chi connectivity index (χ2n) is 6.89. The Hall–Kier alpha value is -0.0700. The molecule has 136 valence electrons. The van der Waals surface area contributed by atoms with Crippen LogP contribution in [0, 0.1) is 11.8 Å². The standard InChI is InChI=1S/C16H29N3O2.2ClH/c1-13-11-19(12-15(13)18-6-8-21-9-7-18)16(20)3-2-14-4-5-17-10-14;;/h13-15,17H,2-12H2,1H3;2*1H. The third kappa shape index (κ3) is 5.46. The van der Waals surface area contributed by atoms with E-state index in [0.717, 1.165) is 65.3 Å². The van der Waals surface area contributed by atoms with Crippen molar-refractivity contribution < 1.29 is 9.53 Å². The van der Waals surface area contributed by atoms with Gasteiger partial charge in [0.2, 0.25) is 5.91 Å². The lowest BCUT2D eigenvalue weighted by Crippen LogP contribution is -2.47. The minimum Gasteiger partial charge on any atom is -0.379 e. The lowest BCUT2D eigenvalue weighted by atomic mass is 10.0. The predicted molar refractivity (Wildman–Crippen MR) is 96.6 cm³/mol. The molecule has 5 nitrogen and oxygen atoms in total. The number of rotatable bonds is 4. The molecule has 3 aliphatic heterocycles. The first-order chi connectivity index (χ1) is 10.2. The minimum atomic E-state index is 0. The summed E-state index contributed by atoms with van der Waals surface area (Å²) >= 11 is 0. The Kier molecular flexibility index (Phi) is 9.16. The van der Waals surface area contributed by atoms with E-state index in [4.69, 9.17) is 4.74 Å². The quantitative estimate of drug-likeness (QED) is 0.815. The maximum Gasteiger partial charge on any atom is 0.222 e. The fourth-order valence-electron chi connectivity index (χ4n) is 3.98. The fourth-order valence-corrected chi connectivity index (χ4v) is 3.98. The zero-order valence-corrected chi connectivity index (χ0v) is 15.7. The molecule has 3 rings (SSSR count). The van der Waals surface area contributed by atoms with Gasteiger partial charge in [-0.3, -0.25) is 9.69 Å². The average Bonchev–Trinajstić information content (AvgIpc) is 3.15. The van der Waals surface area contributed by atoms with Crippen molar-refractivity contribution in [3.63, 3.8) is 0 Å². The average molecular weight is 368 g/mol. The van der Waals surface area contributed by atoms with Gasteiger partial charge in [-0.15, -0.1) is 24.8 Å². The molecule has 0 aromatic heterocycles. The zero-order valence-electron chi connectivity index (χ0n) is 14.0. The van der Waals surface area contributed by atoms with Crippen molar-refractivity contribution in [2.75, 3.05) is 52.5 Å². The Morgan fingerprint density at radius 3 is 2.61 bits per heavy atom. The van der Waals surface area contributed by atoms with Crippen molar-refractivity contribution >= 4 is 30.7 Å². The molecule has 3 heterocycles. The van der Waals surface area contributed by atoms with Gasteiger partial charge in [0, 0.05) is 38.6 Å². The van der Waals surface area contributed by atoms with Gasteiger partial charge in [-0.2, -0.15) is 0 Å². The Morgan fingerprint density at radius 2 is 1.96 bits per heavy atom. The number of carbonyl (C=O) groups is 1. The van der Waals surface area contributed by atoms with Crippen LogP contribution in [-0.4, -0.2) is 74.2 Å². The SMILES string of the molecule is CC1CN(C(=O)CCC2CCNC2)CC1N1CCOCC1.Cl.Cl. The Labute approximate surface area is 152 Å². The van der Waals surface area contributed by atoms with E-state index in [9.17, 15) is 4.79 Å². The lowest BCUT2D eigenvalue weighted by Gasteiger charge is -2.34. The van der Waals surface area contributed by atoms with Gasteiger partial charge < -0.3 is 15.0 Å². The number of likely N-dealkylation sites (tertiary alicyclic amines) is 1. The van der Waals surface area contributed by atoms with E-state index in [1.165, 1.54) is 6.42 Å². The molecule has 0 radical (unpaired) electrons.